The number of thiazole rings is 1. The van der Waals surface area contributed by atoms with E-state index in [0.29, 0.717) is 33.2 Å². The van der Waals surface area contributed by atoms with Crippen LogP contribution in [0.3, 0.4) is 0 Å². The van der Waals surface area contributed by atoms with Crippen LogP contribution in [0.2, 0.25) is 0 Å². The Morgan fingerprint density at radius 3 is 2.52 bits per heavy atom. The topological polar surface area (TPSA) is 124 Å². The number of hydrogen-bond donors (Lipinski definition) is 2. The molecule has 2 N–H and O–H groups in total. The number of fused-ring (bicyclic) bond motifs is 2. The highest BCUT2D eigenvalue weighted by Gasteiger charge is 2.22. The zero-order valence-corrected chi connectivity index (χ0v) is 23.9. The van der Waals surface area contributed by atoms with Crippen LogP contribution in [0, 0.1) is 12.7 Å². The van der Waals surface area contributed by atoms with Gasteiger partial charge in [-0.05, 0) is 80.4 Å². The zero-order chi connectivity index (χ0) is 28.7. The quantitative estimate of drug-likeness (QED) is 0.234. The van der Waals surface area contributed by atoms with Crippen LogP contribution < -0.4 is 14.2 Å². The molecular weight excluding hydrogens is 555 g/mol. The minimum atomic E-state index is -3.78. The fraction of sp³-hybridized carbons (Fsp3) is 0.250. The Morgan fingerprint density at radius 1 is 1.07 bits per heavy atom. The summed E-state index contributed by atoms with van der Waals surface area (Å²) >= 11 is 1.45. The minimum absolute atomic E-state index is 0.0207. The van der Waals surface area contributed by atoms with Crippen LogP contribution in [-0.2, 0) is 15.6 Å². The molecule has 0 saturated carbocycles. The lowest BCUT2D eigenvalue weighted by Crippen LogP contribution is -2.28. The first-order valence-corrected chi connectivity index (χ1v) is 14.6. The van der Waals surface area contributed by atoms with E-state index in [1.54, 1.807) is 26.1 Å². The first-order valence-electron chi connectivity index (χ1n) is 12.3. The second-order valence-corrected chi connectivity index (χ2v) is 12.5. The lowest BCUT2D eigenvalue weighted by atomic mass is 9.95. The van der Waals surface area contributed by atoms with Gasteiger partial charge in [0.05, 0.1) is 45.1 Å². The molecule has 40 heavy (non-hydrogen) atoms. The molecule has 5 rings (SSSR count). The van der Waals surface area contributed by atoms with E-state index in [1.807, 2.05) is 25.1 Å². The molecule has 208 valence electrons. The van der Waals surface area contributed by atoms with Crippen LogP contribution in [0.15, 0.2) is 59.6 Å². The molecule has 0 aliphatic heterocycles. The molecule has 2 heterocycles. The SMILES string of the molecule is COc1cnc2c(-c3nc4c(C)cc(OCCNS(=O)(=O)c5ccc(F)cc5)cc4s3)cc(C(C)(C)O)cc2n1. The van der Waals surface area contributed by atoms with Crippen molar-refractivity contribution in [2.24, 2.45) is 0 Å². The summed E-state index contributed by atoms with van der Waals surface area (Å²) in [5.41, 5.74) is 3.20. The summed E-state index contributed by atoms with van der Waals surface area (Å²) in [4.78, 5) is 13.9. The van der Waals surface area contributed by atoms with E-state index < -0.39 is 21.4 Å². The second kappa shape index (κ2) is 10.7. The van der Waals surface area contributed by atoms with Crippen molar-refractivity contribution in [1.29, 1.82) is 0 Å². The Labute approximate surface area is 234 Å². The highest BCUT2D eigenvalue weighted by atomic mass is 32.2. The van der Waals surface area contributed by atoms with Gasteiger partial charge >= 0.3 is 0 Å². The van der Waals surface area contributed by atoms with Gasteiger partial charge in [-0.25, -0.2) is 32.5 Å². The normalized spacial score (nSPS) is 12.2. The van der Waals surface area contributed by atoms with Gasteiger partial charge in [0.1, 0.15) is 23.2 Å². The summed E-state index contributed by atoms with van der Waals surface area (Å²) in [6, 6.07) is 12.0. The second-order valence-electron chi connectivity index (χ2n) is 9.67. The van der Waals surface area contributed by atoms with E-state index in [0.717, 1.165) is 33.5 Å². The Bertz CT molecular complexity index is 1820. The summed E-state index contributed by atoms with van der Waals surface area (Å²) in [6.07, 6.45) is 1.55. The minimum Gasteiger partial charge on any atom is -0.492 e. The van der Waals surface area contributed by atoms with Crippen LogP contribution in [0.5, 0.6) is 11.6 Å². The van der Waals surface area contributed by atoms with Gasteiger partial charge in [0.25, 0.3) is 0 Å². The molecule has 2 aromatic heterocycles. The number of sulfonamides is 1. The van der Waals surface area contributed by atoms with Crippen molar-refractivity contribution < 1.29 is 27.4 Å². The first kappa shape index (κ1) is 27.8. The molecule has 12 heteroatoms. The number of aromatic nitrogens is 3. The summed E-state index contributed by atoms with van der Waals surface area (Å²) in [5, 5.41) is 11.4. The number of nitrogens with zero attached hydrogens (tertiary/aromatic N) is 3. The number of hydrogen-bond acceptors (Lipinski definition) is 9. The van der Waals surface area contributed by atoms with Gasteiger partial charge in [0.2, 0.25) is 15.9 Å². The third-order valence-electron chi connectivity index (χ3n) is 6.22. The van der Waals surface area contributed by atoms with E-state index in [2.05, 4.69) is 14.7 Å². The number of halogens is 1. The summed E-state index contributed by atoms with van der Waals surface area (Å²) in [6.45, 7) is 5.45. The molecule has 0 fully saturated rings. The predicted octanol–water partition coefficient (Wildman–Crippen LogP) is 4.95. The van der Waals surface area contributed by atoms with Crippen molar-refractivity contribution in [2.75, 3.05) is 20.3 Å². The Morgan fingerprint density at radius 2 is 1.82 bits per heavy atom. The molecule has 3 aromatic carbocycles. The van der Waals surface area contributed by atoms with Crippen LogP contribution in [0.4, 0.5) is 4.39 Å². The van der Waals surface area contributed by atoms with E-state index in [1.165, 1.54) is 30.6 Å². The van der Waals surface area contributed by atoms with Crippen molar-refractivity contribution in [2.45, 2.75) is 31.3 Å². The van der Waals surface area contributed by atoms with Gasteiger partial charge < -0.3 is 14.6 Å². The van der Waals surface area contributed by atoms with E-state index in [-0.39, 0.29) is 18.0 Å². The van der Waals surface area contributed by atoms with Gasteiger partial charge in [-0.3, -0.25) is 0 Å². The number of nitrogens with one attached hydrogen (secondary N) is 1. The fourth-order valence-corrected chi connectivity index (χ4v) is 6.23. The average Bonchev–Trinajstić information content (AvgIpc) is 3.34. The van der Waals surface area contributed by atoms with E-state index >= 15 is 0 Å². The number of aryl methyl sites for hydroxylation is 1. The number of benzene rings is 3. The lowest BCUT2D eigenvalue weighted by molar-refractivity contribution is 0.0787. The van der Waals surface area contributed by atoms with Crippen LogP contribution in [0.25, 0.3) is 31.8 Å². The highest BCUT2D eigenvalue weighted by Crippen LogP contribution is 2.38. The molecule has 9 nitrogen and oxygen atoms in total. The Hall–Kier alpha value is -3.71. The van der Waals surface area contributed by atoms with Gasteiger partial charge in [0.15, 0.2) is 0 Å². The highest BCUT2D eigenvalue weighted by molar-refractivity contribution is 7.89. The molecule has 0 saturated heterocycles. The molecule has 0 atom stereocenters. The Kier molecular flexibility index (Phi) is 7.44. The molecule has 0 bridgehead atoms. The number of ether oxygens (including phenoxy) is 2. The predicted molar refractivity (Wildman–Crippen MR) is 152 cm³/mol. The Balaban J connectivity index is 1.40. The van der Waals surface area contributed by atoms with Gasteiger partial charge in [-0.15, -0.1) is 11.3 Å². The monoisotopic (exact) mass is 582 g/mol. The van der Waals surface area contributed by atoms with Gasteiger partial charge in [0, 0.05) is 12.1 Å². The lowest BCUT2D eigenvalue weighted by Gasteiger charge is -2.19. The van der Waals surface area contributed by atoms with Crippen molar-refractivity contribution in [3.63, 3.8) is 0 Å². The molecule has 0 spiro atoms. The summed E-state index contributed by atoms with van der Waals surface area (Å²) in [7, 11) is -2.26. The van der Waals surface area contributed by atoms with E-state index in [9.17, 15) is 17.9 Å². The number of rotatable bonds is 9. The third kappa shape index (κ3) is 5.75. The van der Waals surface area contributed by atoms with Crippen LogP contribution >= 0.6 is 11.3 Å². The number of methoxy groups -OCH3 is 1. The maximum absolute atomic E-state index is 13.1. The van der Waals surface area contributed by atoms with Crippen molar-refractivity contribution in [1.82, 2.24) is 19.7 Å². The molecule has 0 aliphatic rings. The summed E-state index contributed by atoms with van der Waals surface area (Å²) < 4.78 is 52.3. The van der Waals surface area contributed by atoms with Crippen LogP contribution in [0.1, 0.15) is 25.0 Å². The van der Waals surface area contributed by atoms with Crippen molar-refractivity contribution >= 4 is 42.6 Å². The largest absolute Gasteiger partial charge is 0.492 e. The molecule has 0 aliphatic carbocycles. The van der Waals surface area contributed by atoms with Crippen molar-refractivity contribution in [3.8, 4) is 22.2 Å². The molecule has 5 aromatic rings. The van der Waals surface area contributed by atoms with Gasteiger partial charge in [-0.1, -0.05) is 0 Å². The molecular formula is C28H27FN4O5S2. The smallest absolute Gasteiger partial charge is 0.240 e. The standard InChI is InChI=1S/C28H27FN4O5S2/c1-16-11-19(38-10-9-31-40(35,36)20-7-5-18(29)6-8-20)14-23-25(16)33-27(39-23)21-12-17(28(2,3)34)13-22-26(21)30-15-24(32-22)37-4/h5-8,11-15,31,34H,9-10H2,1-4H3. The average molecular weight is 583 g/mol. The maximum Gasteiger partial charge on any atom is 0.240 e. The van der Waals surface area contributed by atoms with Crippen molar-refractivity contribution in [3.05, 3.63) is 71.7 Å². The third-order valence-corrected chi connectivity index (χ3v) is 8.73. The fourth-order valence-electron chi connectivity index (χ4n) is 4.13. The van der Waals surface area contributed by atoms with Crippen LogP contribution in [-0.4, -0.2) is 48.7 Å². The zero-order valence-electron chi connectivity index (χ0n) is 22.2. The molecule has 0 amide bonds. The molecule has 0 radical (unpaired) electrons. The maximum atomic E-state index is 13.1. The summed E-state index contributed by atoms with van der Waals surface area (Å²) in [5.74, 6) is 0.430. The van der Waals surface area contributed by atoms with E-state index in [4.69, 9.17) is 14.5 Å². The number of aliphatic hydroxyl groups is 1. The first-order chi connectivity index (χ1) is 18.9. The molecule has 0 unspecified atom stereocenters. The van der Waals surface area contributed by atoms with Gasteiger partial charge in [-0.2, -0.15) is 0 Å².